The van der Waals surface area contributed by atoms with Crippen LogP contribution in [0, 0.1) is 13.8 Å². The Kier molecular flexibility index (Phi) is 5.41. The van der Waals surface area contributed by atoms with Crippen LogP contribution in [0.1, 0.15) is 34.9 Å². The van der Waals surface area contributed by atoms with Gasteiger partial charge in [-0.1, -0.05) is 12.1 Å². The van der Waals surface area contributed by atoms with Gasteiger partial charge in [-0.2, -0.15) is 0 Å². The van der Waals surface area contributed by atoms with Gasteiger partial charge < -0.3 is 14.5 Å². The van der Waals surface area contributed by atoms with Gasteiger partial charge in [-0.25, -0.2) is 9.78 Å². The van der Waals surface area contributed by atoms with E-state index in [2.05, 4.69) is 9.97 Å². The Morgan fingerprint density at radius 2 is 2.11 bits per heavy atom. The molecule has 0 aliphatic heterocycles. The average Bonchev–Trinajstić information content (AvgIpc) is 2.94. The third-order valence-electron chi connectivity index (χ3n) is 4.24. The number of carbonyl (C=O) groups is 1. The molecule has 0 spiro atoms. The summed E-state index contributed by atoms with van der Waals surface area (Å²) in [7, 11) is 1.58. The largest absolute Gasteiger partial charge is 0.497 e. The van der Waals surface area contributed by atoms with Crippen molar-refractivity contribution in [2.45, 2.75) is 26.9 Å². The molecule has 0 fully saturated rings. The monoisotopic (exact) mass is 384 g/mol. The molecule has 140 valence electrons. The van der Waals surface area contributed by atoms with Crippen LogP contribution in [0.25, 0.3) is 16.3 Å². The molecule has 0 unspecified atom stereocenters. The zero-order chi connectivity index (χ0) is 19.6. The average molecular weight is 384 g/mol. The normalized spacial score (nSPS) is 12.4. The molecule has 7 heteroatoms. The van der Waals surface area contributed by atoms with Crippen LogP contribution in [-0.2, 0) is 9.53 Å². The number of aryl methyl sites for hydroxylation is 2. The molecule has 2 aromatic heterocycles. The smallest absolute Gasteiger partial charge is 0.331 e. The van der Waals surface area contributed by atoms with Crippen molar-refractivity contribution in [1.82, 2.24) is 9.97 Å². The van der Waals surface area contributed by atoms with Crippen LogP contribution in [0.4, 0.5) is 0 Å². The first-order chi connectivity index (χ1) is 12.9. The van der Waals surface area contributed by atoms with Crippen molar-refractivity contribution in [3.63, 3.8) is 0 Å². The molecule has 0 aliphatic rings. The Balaban J connectivity index is 1.75. The molecular formula is C20H20N2O4S. The van der Waals surface area contributed by atoms with Gasteiger partial charge in [0.1, 0.15) is 10.6 Å². The maximum atomic E-state index is 12.3. The summed E-state index contributed by atoms with van der Waals surface area (Å²) in [6.45, 7) is 5.53. The van der Waals surface area contributed by atoms with Gasteiger partial charge in [0.2, 0.25) is 0 Å². The van der Waals surface area contributed by atoms with E-state index in [9.17, 15) is 9.59 Å². The summed E-state index contributed by atoms with van der Waals surface area (Å²) in [4.78, 5) is 33.3. The van der Waals surface area contributed by atoms with Crippen LogP contribution in [0.15, 0.2) is 35.1 Å². The van der Waals surface area contributed by atoms with E-state index in [4.69, 9.17) is 9.47 Å². The molecule has 0 radical (unpaired) electrons. The van der Waals surface area contributed by atoms with Crippen molar-refractivity contribution >= 4 is 33.6 Å². The number of ether oxygens (including phenoxy) is 2. The van der Waals surface area contributed by atoms with E-state index in [1.165, 1.54) is 17.4 Å². The van der Waals surface area contributed by atoms with Crippen molar-refractivity contribution in [3.8, 4) is 5.75 Å². The number of fused-ring (bicyclic) bond motifs is 1. The maximum Gasteiger partial charge on any atom is 0.331 e. The number of nitrogens with one attached hydrogen (secondary N) is 1. The molecule has 2 heterocycles. The summed E-state index contributed by atoms with van der Waals surface area (Å²) in [5, 5.41) is 0.595. The predicted octanol–water partition coefficient (Wildman–Crippen LogP) is 3.93. The molecular weight excluding hydrogens is 364 g/mol. The third kappa shape index (κ3) is 4.09. The van der Waals surface area contributed by atoms with Crippen molar-refractivity contribution in [2.24, 2.45) is 0 Å². The Morgan fingerprint density at radius 1 is 1.33 bits per heavy atom. The first-order valence-electron chi connectivity index (χ1n) is 8.41. The number of rotatable bonds is 5. The number of nitrogens with zero attached hydrogens (tertiary/aromatic N) is 1. The molecule has 0 amide bonds. The van der Waals surface area contributed by atoms with E-state index in [1.807, 2.05) is 38.1 Å². The highest BCUT2D eigenvalue weighted by molar-refractivity contribution is 7.18. The Morgan fingerprint density at radius 3 is 2.85 bits per heavy atom. The second-order valence-electron chi connectivity index (χ2n) is 6.10. The lowest BCUT2D eigenvalue weighted by molar-refractivity contribution is -0.142. The summed E-state index contributed by atoms with van der Waals surface area (Å²) >= 11 is 1.46. The summed E-state index contributed by atoms with van der Waals surface area (Å²) in [6.07, 6.45) is 2.30. The van der Waals surface area contributed by atoms with E-state index >= 15 is 0 Å². The molecule has 27 heavy (non-hydrogen) atoms. The molecule has 0 saturated carbocycles. The topological polar surface area (TPSA) is 81.3 Å². The van der Waals surface area contributed by atoms with Crippen molar-refractivity contribution < 1.29 is 14.3 Å². The summed E-state index contributed by atoms with van der Waals surface area (Å²) < 4.78 is 10.5. The molecule has 0 aliphatic carbocycles. The lowest BCUT2D eigenvalue weighted by Crippen LogP contribution is -2.16. The van der Waals surface area contributed by atoms with Gasteiger partial charge >= 0.3 is 5.97 Å². The van der Waals surface area contributed by atoms with Crippen LogP contribution in [-0.4, -0.2) is 23.0 Å². The molecule has 0 bridgehead atoms. The van der Waals surface area contributed by atoms with Crippen LogP contribution >= 0.6 is 11.3 Å². The fourth-order valence-corrected chi connectivity index (χ4v) is 3.68. The molecule has 0 saturated heterocycles. The highest BCUT2D eigenvalue weighted by Gasteiger charge is 2.17. The number of thiophene rings is 1. The number of methoxy groups -OCH3 is 1. The second-order valence-corrected chi connectivity index (χ2v) is 7.31. The van der Waals surface area contributed by atoms with E-state index < -0.39 is 12.1 Å². The number of carbonyl (C=O) groups excluding carboxylic acids is 1. The van der Waals surface area contributed by atoms with Crippen molar-refractivity contribution in [2.75, 3.05) is 7.11 Å². The van der Waals surface area contributed by atoms with E-state index in [1.54, 1.807) is 20.1 Å². The van der Waals surface area contributed by atoms with E-state index in [0.29, 0.717) is 21.8 Å². The number of aromatic amines is 1. The Hall–Kier alpha value is -2.93. The SMILES string of the molecule is COc1cccc(/C=C/C(=O)O[C@H](C)c2nc3sc(C)c(C)c3c(=O)[nH]2)c1. The predicted molar refractivity (Wildman–Crippen MR) is 106 cm³/mol. The summed E-state index contributed by atoms with van der Waals surface area (Å²) in [5.41, 5.74) is 1.53. The van der Waals surface area contributed by atoms with Gasteiger partial charge in [-0.15, -0.1) is 11.3 Å². The van der Waals surface area contributed by atoms with Crippen LogP contribution in [0.2, 0.25) is 0 Å². The maximum absolute atomic E-state index is 12.3. The minimum absolute atomic E-state index is 0.216. The van der Waals surface area contributed by atoms with E-state index in [-0.39, 0.29) is 5.56 Å². The number of aromatic nitrogens is 2. The minimum Gasteiger partial charge on any atom is -0.497 e. The first-order valence-corrected chi connectivity index (χ1v) is 9.23. The van der Waals surface area contributed by atoms with Gasteiger partial charge in [0.25, 0.3) is 5.56 Å². The Bertz CT molecular complexity index is 1080. The molecule has 6 nitrogen and oxygen atoms in total. The third-order valence-corrected chi connectivity index (χ3v) is 5.34. The zero-order valence-electron chi connectivity index (χ0n) is 15.5. The lowest BCUT2D eigenvalue weighted by Gasteiger charge is -2.11. The summed E-state index contributed by atoms with van der Waals surface area (Å²) in [5.74, 6) is 0.513. The van der Waals surface area contributed by atoms with Gasteiger partial charge in [0, 0.05) is 11.0 Å². The zero-order valence-corrected chi connectivity index (χ0v) is 16.3. The van der Waals surface area contributed by atoms with Gasteiger partial charge in [0.15, 0.2) is 11.9 Å². The van der Waals surface area contributed by atoms with E-state index in [0.717, 1.165) is 16.0 Å². The lowest BCUT2D eigenvalue weighted by atomic mass is 10.2. The van der Waals surface area contributed by atoms with Gasteiger partial charge in [-0.3, -0.25) is 4.79 Å². The molecule has 1 aromatic carbocycles. The van der Waals surface area contributed by atoms with Gasteiger partial charge in [-0.05, 0) is 50.1 Å². The molecule has 1 atom stereocenters. The molecule has 3 aromatic rings. The fraction of sp³-hybridized carbons (Fsp3) is 0.250. The fourth-order valence-electron chi connectivity index (χ4n) is 2.64. The van der Waals surface area contributed by atoms with Crippen LogP contribution in [0.3, 0.4) is 0 Å². The van der Waals surface area contributed by atoms with Crippen LogP contribution < -0.4 is 10.3 Å². The Labute approximate surface area is 160 Å². The van der Waals surface area contributed by atoms with Crippen LogP contribution in [0.5, 0.6) is 5.75 Å². The summed E-state index contributed by atoms with van der Waals surface area (Å²) in [6, 6.07) is 7.32. The van der Waals surface area contributed by atoms with Crippen molar-refractivity contribution in [1.29, 1.82) is 0 Å². The highest BCUT2D eigenvalue weighted by Crippen LogP contribution is 2.27. The quantitative estimate of drug-likeness (QED) is 0.532. The highest BCUT2D eigenvalue weighted by atomic mass is 32.1. The first kappa shape index (κ1) is 18.8. The number of hydrogen-bond acceptors (Lipinski definition) is 6. The standard InChI is InChI=1S/C20H20N2O4S/c1-11-13(3)27-20-17(11)19(24)21-18(22-20)12(2)26-16(23)9-8-14-6-5-7-15(10-14)25-4/h5-10,12H,1-4H3,(H,21,22,24)/b9-8+/t12-/m1/s1. The second kappa shape index (κ2) is 7.75. The van der Waals surface area contributed by atoms with Crippen molar-refractivity contribution in [3.05, 3.63) is 62.5 Å². The number of H-pyrrole nitrogens is 1. The minimum atomic E-state index is -0.674. The van der Waals surface area contributed by atoms with Gasteiger partial charge in [0.05, 0.1) is 12.5 Å². The number of benzene rings is 1. The molecule has 1 N–H and O–H groups in total. The number of hydrogen-bond donors (Lipinski definition) is 1. The number of esters is 1. The molecule has 3 rings (SSSR count).